The number of aromatic nitrogens is 2. The van der Waals surface area contributed by atoms with E-state index in [2.05, 4.69) is 41.0 Å². The summed E-state index contributed by atoms with van der Waals surface area (Å²) < 4.78 is 5.40. The molecule has 3 atom stereocenters. The average molecular weight is 466 g/mol. The molecule has 2 amide bonds. The highest BCUT2D eigenvalue weighted by Crippen LogP contribution is 2.31. The van der Waals surface area contributed by atoms with Crippen LogP contribution in [0.2, 0.25) is 0 Å². The Bertz CT molecular complexity index is 1150. The van der Waals surface area contributed by atoms with E-state index in [4.69, 9.17) is 4.74 Å². The van der Waals surface area contributed by atoms with Crippen LogP contribution in [0, 0.1) is 11.8 Å². The number of fused-ring (bicyclic) bond motifs is 1. The van der Waals surface area contributed by atoms with Gasteiger partial charge in [-0.3, -0.25) is 19.4 Å². The third-order valence-electron chi connectivity index (χ3n) is 6.22. The van der Waals surface area contributed by atoms with Crippen molar-refractivity contribution in [3.8, 4) is 0 Å². The molecule has 0 radical (unpaired) electrons. The smallest absolute Gasteiger partial charge is 0.258 e. The molecule has 2 aliphatic rings. The second kappa shape index (κ2) is 9.70. The van der Waals surface area contributed by atoms with E-state index in [-0.39, 0.29) is 23.7 Å². The summed E-state index contributed by atoms with van der Waals surface area (Å²) in [5.41, 5.74) is 1.12. The number of anilines is 3. The van der Waals surface area contributed by atoms with E-state index in [0.29, 0.717) is 35.8 Å². The maximum atomic E-state index is 13.1. The van der Waals surface area contributed by atoms with Crippen LogP contribution in [0.1, 0.15) is 50.7 Å². The topological polar surface area (TPSA) is 116 Å². The van der Waals surface area contributed by atoms with E-state index in [1.54, 1.807) is 24.3 Å². The van der Waals surface area contributed by atoms with Crippen LogP contribution in [0.3, 0.4) is 0 Å². The maximum absolute atomic E-state index is 13.1. The summed E-state index contributed by atoms with van der Waals surface area (Å²) >= 11 is 0. The molecule has 0 saturated carbocycles. The molecule has 1 aromatic heterocycles. The summed E-state index contributed by atoms with van der Waals surface area (Å²) in [5, 5.41) is 5.49. The minimum Gasteiger partial charge on any atom is -0.494 e. The van der Waals surface area contributed by atoms with Crippen LogP contribution in [0.15, 0.2) is 35.6 Å². The van der Waals surface area contributed by atoms with Crippen molar-refractivity contribution in [3.05, 3.63) is 52.3 Å². The molecule has 3 heterocycles. The molecule has 9 nitrogen and oxygen atoms in total. The number of aromatic amines is 1. The lowest BCUT2D eigenvalue weighted by atomic mass is 9.91. The number of nitrogens with zero attached hydrogens (tertiary/aromatic N) is 2. The van der Waals surface area contributed by atoms with Crippen molar-refractivity contribution in [1.82, 2.24) is 9.97 Å². The first-order valence-corrected chi connectivity index (χ1v) is 11.7. The predicted molar refractivity (Wildman–Crippen MR) is 132 cm³/mol. The van der Waals surface area contributed by atoms with Gasteiger partial charge in [0.2, 0.25) is 17.8 Å². The quantitative estimate of drug-likeness (QED) is 0.564. The van der Waals surface area contributed by atoms with E-state index in [9.17, 15) is 14.4 Å². The molecule has 0 bridgehead atoms. The Hall–Kier alpha value is -3.62. The number of hydrogen-bond acceptors (Lipinski definition) is 6. The number of benzene rings is 1. The Morgan fingerprint density at radius 2 is 1.88 bits per heavy atom. The van der Waals surface area contributed by atoms with Crippen molar-refractivity contribution in [2.75, 3.05) is 35.2 Å². The molecule has 34 heavy (non-hydrogen) atoms. The molecule has 2 aromatic rings. The molecule has 2 aliphatic heterocycles. The van der Waals surface area contributed by atoms with E-state index in [1.165, 1.54) is 0 Å². The molecule has 3 unspecified atom stereocenters. The molecule has 1 fully saturated rings. The Morgan fingerprint density at radius 1 is 1.21 bits per heavy atom. The Morgan fingerprint density at radius 3 is 2.53 bits per heavy atom. The molecule has 1 saturated heterocycles. The van der Waals surface area contributed by atoms with E-state index in [0.717, 1.165) is 25.1 Å². The Kier molecular flexibility index (Phi) is 6.72. The van der Waals surface area contributed by atoms with Gasteiger partial charge in [-0.2, -0.15) is 4.98 Å². The van der Waals surface area contributed by atoms with Crippen LogP contribution in [0.25, 0.3) is 5.76 Å². The molecule has 1 aromatic carbocycles. The average Bonchev–Trinajstić information content (AvgIpc) is 2.78. The molecular formula is C25H31N5O4. The van der Waals surface area contributed by atoms with Gasteiger partial charge in [0.05, 0.1) is 18.1 Å². The summed E-state index contributed by atoms with van der Waals surface area (Å²) in [6.07, 6.45) is 0.991. The van der Waals surface area contributed by atoms with Gasteiger partial charge in [0.15, 0.2) is 0 Å². The van der Waals surface area contributed by atoms with Crippen LogP contribution in [0.4, 0.5) is 17.5 Å². The zero-order valence-corrected chi connectivity index (χ0v) is 19.8. The Labute approximate surface area is 198 Å². The first-order valence-electron chi connectivity index (χ1n) is 11.7. The van der Waals surface area contributed by atoms with Gasteiger partial charge in [-0.05, 0) is 49.4 Å². The number of amides is 2. The number of rotatable bonds is 6. The normalized spacial score (nSPS) is 21.9. The molecule has 0 spiro atoms. The number of hydrogen-bond donors (Lipinski definition) is 3. The second-order valence-corrected chi connectivity index (χ2v) is 9.23. The first-order chi connectivity index (χ1) is 16.2. The second-order valence-electron chi connectivity index (χ2n) is 9.23. The molecule has 180 valence electrons. The van der Waals surface area contributed by atoms with Gasteiger partial charge in [0.25, 0.3) is 5.56 Å². The zero-order valence-electron chi connectivity index (χ0n) is 19.8. The third kappa shape index (κ3) is 4.98. The number of carbonyl (C=O) groups is 2. The fourth-order valence-electron chi connectivity index (χ4n) is 4.80. The number of ether oxygens (including phenoxy) is 1. The molecular weight excluding hydrogens is 434 g/mol. The van der Waals surface area contributed by atoms with Gasteiger partial charge in [-0.15, -0.1) is 0 Å². The summed E-state index contributed by atoms with van der Waals surface area (Å²) in [6, 6.07) is 7.03. The van der Waals surface area contributed by atoms with Crippen molar-refractivity contribution in [2.24, 2.45) is 11.8 Å². The van der Waals surface area contributed by atoms with Gasteiger partial charge in [-0.1, -0.05) is 20.4 Å². The molecule has 4 rings (SSSR count). The molecule has 9 heteroatoms. The number of H-pyrrole nitrogens is 1. The standard InChI is InChI=1S/C25H31N5O4/c1-5-34-16(4)17-6-8-18(9-7-17)26-23(32)19-11-20(31)27-22-21(19)24(33)29-25(28-22)30-12-14(2)10-15(3)13-30/h6-9,14-15,19H,4-5,10-13H2,1-3H3,(H,26,32)(H2,27,28,29,31,33). The van der Waals surface area contributed by atoms with Gasteiger partial charge in [0.1, 0.15) is 11.6 Å². The van der Waals surface area contributed by atoms with Crippen LogP contribution in [-0.4, -0.2) is 41.5 Å². The van der Waals surface area contributed by atoms with Gasteiger partial charge < -0.3 is 20.3 Å². The largest absolute Gasteiger partial charge is 0.494 e. The van der Waals surface area contributed by atoms with Crippen molar-refractivity contribution in [2.45, 2.75) is 39.5 Å². The summed E-state index contributed by atoms with van der Waals surface area (Å²) in [5.74, 6) is 0.340. The minimum absolute atomic E-state index is 0.125. The minimum atomic E-state index is -0.939. The fourth-order valence-corrected chi connectivity index (χ4v) is 4.80. The monoisotopic (exact) mass is 465 g/mol. The SMILES string of the molecule is C=C(OCC)c1ccc(NC(=O)C2CC(=O)Nc3nc(N4CC(C)CC(C)C4)[nH]c(=O)c32)cc1. The lowest BCUT2D eigenvalue weighted by Crippen LogP contribution is -2.42. The zero-order chi connectivity index (χ0) is 24.4. The summed E-state index contributed by atoms with van der Waals surface area (Å²) in [7, 11) is 0. The van der Waals surface area contributed by atoms with Crippen LogP contribution < -0.4 is 21.1 Å². The lowest BCUT2D eigenvalue weighted by molar-refractivity contribution is -0.123. The lowest BCUT2D eigenvalue weighted by Gasteiger charge is -2.35. The molecule has 0 aliphatic carbocycles. The van der Waals surface area contributed by atoms with E-state index in [1.807, 2.05) is 11.8 Å². The van der Waals surface area contributed by atoms with E-state index < -0.39 is 17.4 Å². The van der Waals surface area contributed by atoms with Crippen LogP contribution in [-0.2, 0) is 14.3 Å². The van der Waals surface area contributed by atoms with Crippen LogP contribution in [0.5, 0.6) is 0 Å². The number of carbonyl (C=O) groups excluding carboxylic acids is 2. The molecule has 3 N–H and O–H groups in total. The fraction of sp³-hybridized carbons (Fsp3) is 0.440. The number of nitrogens with one attached hydrogen (secondary N) is 3. The van der Waals surface area contributed by atoms with Gasteiger partial charge in [0, 0.05) is 30.8 Å². The highest BCUT2D eigenvalue weighted by molar-refractivity contribution is 6.04. The first kappa shape index (κ1) is 23.5. The van der Waals surface area contributed by atoms with Crippen molar-refractivity contribution < 1.29 is 14.3 Å². The summed E-state index contributed by atoms with van der Waals surface area (Å²) in [6.45, 7) is 12.1. The number of piperidine rings is 1. The van der Waals surface area contributed by atoms with Crippen molar-refractivity contribution >= 4 is 35.0 Å². The van der Waals surface area contributed by atoms with E-state index >= 15 is 0 Å². The van der Waals surface area contributed by atoms with Crippen LogP contribution >= 0.6 is 0 Å². The predicted octanol–water partition coefficient (Wildman–Crippen LogP) is 3.32. The third-order valence-corrected chi connectivity index (χ3v) is 6.22. The summed E-state index contributed by atoms with van der Waals surface area (Å²) in [4.78, 5) is 48.0. The van der Waals surface area contributed by atoms with Gasteiger partial charge in [-0.25, -0.2) is 0 Å². The highest BCUT2D eigenvalue weighted by atomic mass is 16.5. The van der Waals surface area contributed by atoms with Crippen molar-refractivity contribution in [1.29, 1.82) is 0 Å². The highest BCUT2D eigenvalue weighted by Gasteiger charge is 2.35. The van der Waals surface area contributed by atoms with Crippen molar-refractivity contribution in [3.63, 3.8) is 0 Å². The maximum Gasteiger partial charge on any atom is 0.258 e. The van der Waals surface area contributed by atoms with Gasteiger partial charge >= 0.3 is 0 Å². The Balaban J connectivity index is 1.56.